The molecular weight excluding hydrogens is 572 g/mol. The Hall–Kier alpha value is -5.18. The summed E-state index contributed by atoms with van der Waals surface area (Å²) in [6, 6.07) is 19.0. The maximum atomic E-state index is 13.1. The van der Waals surface area contributed by atoms with Crippen LogP contribution in [0.1, 0.15) is 49.9 Å². The van der Waals surface area contributed by atoms with E-state index in [0.717, 1.165) is 50.5 Å². The highest BCUT2D eigenvalue weighted by Gasteiger charge is 2.18. The van der Waals surface area contributed by atoms with Gasteiger partial charge in [0.25, 0.3) is 0 Å². The number of benzene rings is 4. The van der Waals surface area contributed by atoms with Gasteiger partial charge in [-0.1, -0.05) is 6.58 Å². The second kappa shape index (κ2) is 14.5. The maximum absolute atomic E-state index is 13.1. The Labute approximate surface area is 261 Å². The van der Waals surface area contributed by atoms with Gasteiger partial charge >= 0.3 is 11.9 Å². The summed E-state index contributed by atoms with van der Waals surface area (Å²) in [5.41, 5.74) is 2.99. The average molecular weight is 609 g/mol. The lowest BCUT2D eigenvalue weighted by Crippen LogP contribution is -2.21. The van der Waals surface area contributed by atoms with E-state index in [1.807, 2.05) is 18.2 Å². The van der Waals surface area contributed by atoms with Crippen LogP contribution in [-0.2, 0) is 9.53 Å². The van der Waals surface area contributed by atoms with Gasteiger partial charge in [-0.2, -0.15) is 0 Å². The third kappa shape index (κ3) is 7.49. The highest BCUT2D eigenvalue weighted by molar-refractivity contribution is 5.98. The predicted octanol–water partition coefficient (Wildman–Crippen LogP) is 7.18. The first-order valence-corrected chi connectivity index (χ1v) is 15.2. The Kier molecular flexibility index (Phi) is 10.1. The minimum Gasteiger partial charge on any atom is -0.494 e. The fraction of sp³-hybridized carbons (Fsp3) is 0.278. The number of carbonyl (C=O) groups is 2. The molecule has 0 saturated heterocycles. The summed E-state index contributed by atoms with van der Waals surface area (Å²) in [7, 11) is 0. The maximum Gasteiger partial charge on any atom is 0.343 e. The molecule has 232 valence electrons. The molecule has 9 nitrogen and oxygen atoms in total. The van der Waals surface area contributed by atoms with E-state index in [1.54, 1.807) is 42.5 Å². The van der Waals surface area contributed by atoms with E-state index in [1.165, 1.54) is 6.07 Å². The summed E-state index contributed by atoms with van der Waals surface area (Å²) >= 11 is 0. The van der Waals surface area contributed by atoms with E-state index in [2.05, 4.69) is 25.3 Å². The number of hydrogen-bond donors (Lipinski definition) is 0. The SMILES string of the molecule is C=CC(=O)OCCCCCCOc1ccc(C(=O)Oc2ccc3c4nc5ccc(N(CC)CC)cc5oc-4cc(=O)c3c2)cc1. The minimum absolute atomic E-state index is 0.252. The van der Waals surface area contributed by atoms with Crippen molar-refractivity contribution in [2.45, 2.75) is 39.5 Å². The van der Waals surface area contributed by atoms with Crippen LogP contribution >= 0.6 is 0 Å². The normalized spacial score (nSPS) is 11.1. The molecule has 0 amide bonds. The fourth-order valence-corrected chi connectivity index (χ4v) is 5.12. The summed E-state index contributed by atoms with van der Waals surface area (Å²) in [6.45, 7) is 10.2. The van der Waals surface area contributed by atoms with E-state index in [0.29, 0.717) is 57.9 Å². The van der Waals surface area contributed by atoms with Crippen LogP contribution in [0.25, 0.3) is 33.3 Å². The van der Waals surface area contributed by atoms with Crippen LogP contribution in [-0.4, -0.2) is 43.2 Å². The van der Waals surface area contributed by atoms with Crippen molar-refractivity contribution < 1.29 is 28.2 Å². The van der Waals surface area contributed by atoms with Crippen LogP contribution in [0.5, 0.6) is 11.5 Å². The number of rotatable bonds is 14. The molecule has 0 atom stereocenters. The molecule has 3 aromatic carbocycles. The van der Waals surface area contributed by atoms with Crippen molar-refractivity contribution in [3.8, 4) is 23.0 Å². The topological polar surface area (TPSA) is 108 Å². The molecule has 0 unspecified atom stereocenters. The number of esters is 2. The number of anilines is 1. The molecule has 0 N–H and O–H groups in total. The Morgan fingerprint density at radius 1 is 0.867 bits per heavy atom. The zero-order valence-electron chi connectivity index (χ0n) is 25.5. The first kappa shape index (κ1) is 31.3. The number of carbonyl (C=O) groups excluding carboxylic acids is 2. The van der Waals surface area contributed by atoms with Crippen molar-refractivity contribution in [1.82, 2.24) is 4.98 Å². The first-order chi connectivity index (χ1) is 21.9. The van der Waals surface area contributed by atoms with E-state index in [9.17, 15) is 14.4 Å². The van der Waals surface area contributed by atoms with Gasteiger partial charge < -0.3 is 23.5 Å². The van der Waals surface area contributed by atoms with E-state index < -0.39 is 11.9 Å². The zero-order chi connectivity index (χ0) is 31.8. The summed E-state index contributed by atoms with van der Waals surface area (Å²) < 4.78 is 22.5. The summed E-state index contributed by atoms with van der Waals surface area (Å²) in [6.07, 6.45) is 4.68. The molecule has 0 radical (unpaired) electrons. The van der Waals surface area contributed by atoms with Crippen molar-refractivity contribution in [3.05, 3.63) is 95.2 Å². The van der Waals surface area contributed by atoms with Crippen LogP contribution < -0.4 is 19.8 Å². The molecule has 0 fully saturated rings. The fourth-order valence-electron chi connectivity index (χ4n) is 5.12. The van der Waals surface area contributed by atoms with Crippen molar-refractivity contribution in [3.63, 3.8) is 0 Å². The van der Waals surface area contributed by atoms with Crippen molar-refractivity contribution in [2.24, 2.45) is 0 Å². The second-order valence-electron chi connectivity index (χ2n) is 10.5. The van der Waals surface area contributed by atoms with Crippen LogP contribution in [0.15, 0.2) is 88.6 Å². The second-order valence-corrected chi connectivity index (χ2v) is 10.5. The number of aromatic nitrogens is 1. The van der Waals surface area contributed by atoms with Crippen LogP contribution in [0.2, 0.25) is 0 Å². The lowest BCUT2D eigenvalue weighted by molar-refractivity contribution is -0.137. The monoisotopic (exact) mass is 608 g/mol. The minimum atomic E-state index is -0.547. The van der Waals surface area contributed by atoms with E-state index in [-0.39, 0.29) is 11.2 Å². The quantitative estimate of drug-likeness (QED) is 0.0323. The highest BCUT2D eigenvalue weighted by Crippen LogP contribution is 2.33. The molecule has 0 spiro atoms. The molecule has 3 aromatic rings. The molecule has 2 aliphatic rings. The van der Waals surface area contributed by atoms with Crippen molar-refractivity contribution >= 4 is 39.5 Å². The number of fused-ring (bicyclic) bond motifs is 4. The number of unbranched alkanes of at least 4 members (excludes halogenated alkanes) is 3. The summed E-state index contributed by atoms with van der Waals surface area (Å²) in [5, 5.41) is 1.00. The lowest BCUT2D eigenvalue weighted by Gasteiger charge is -2.21. The zero-order valence-corrected chi connectivity index (χ0v) is 25.5. The average Bonchev–Trinajstić information content (AvgIpc) is 3.06. The largest absolute Gasteiger partial charge is 0.494 e. The van der Waals surface area contributed by atoms with Gasteiger partial charge in [-0.3, -0.25) is 4.79 Å². The van der Waals surface area contributed by atoms with Crippen LogP contribution in [0.3, 0.4) is 0 Å². The van der Waals surface area contributed by atoms with E-state index >= 15 is 0 Å². The molecule has 9 heteroatoms. The molecule has 1 aliphatic carbocycles. The number of ether oxygens (including phenoxy) is 3. The molecule has 0 aromatic heterocycles. The Bertz CT molecular complexity index is 1840. The molecule has 0 saturated carbocycles. The predicted molar refractivity (Wildman–Crippen MR) is 174 cm³/mol. The highest BCUT2D eigenvalue weighted by atomic mass is 16.5. The number of hydrogen-bond acceptors (Lipinski definition) is 9. The van der Waals surface area contributed by atoms with Crippen molar-refractivity contribution in [1.29, 1.82) is 0 Å². The van der Waals surface area contributed by atoms with Gasteiger partial charge in [0, 0.05) is 47.8 Å². The Morgan fingerprint density at radius 2 is 1.60 bits per heavy atom. The smallest absolute Gasteiger partial charge is 0.343 e. The van der Waals surface area contributed by atoms with Gasteiger partial charge in [0.05, 0.1) is 18.8 Å². The molecular formula is C36H36N2O7. The molecule has 45 heavy (non-hydrogen) atoms. The van der Waals surface area contributed by atoms with Gasteiger partial charge in [0.1, 0.15) is 22.7 Å². The van der Waals surface area contributed by atoms with Gasteiger partial charge in [-0.15, -0.1) is 0 Å². The van der Waals surface area contributed by atoms with Gasteiger partial charge in [0.15, 0.2) is 16.8 Å². The summed E-state index contributed by atoms with van der Waals surface area (Å²) in [5.74, 6) is 0.352. The third-order valence-corrected chi connectivity index (χ3v) is 7.55. The summed E-state index contributed by atoms with van der Waals surface area (Å²) in [4.78, 5) is 44.0. The molecule has 5 rings (SSSR count). The Balaban J connectivity index is 1.21. The molecule has 1 heterocycles. The van der Waals surface area contributed by atoms with Gasteiger partial charge in [-0.05, 0) is 94.1 Å². The van der Waals surface area contributed by atoms with Gasteiger partial charge in [0.2, 0.25) is 0 Å². The lowest BCUT2D eigenvalue weighted by atomic mass is 10.0. The van der Waals surface area contributed by atoms with Crippen molar-refractivity contribution in [2.75, 3.05) is 31.2 Å². The van der Waals surface area contributed by atoms with Crippen LogP contribution in [0.4, 0.5) is 5.69 Å². The van der Waals surface area contributed by atoms with Crippen LogP contribution in [0, 0.1) is 0 Å². The van der Waals surface area contributed by atoms with E-state index in [4.69, 9.17) is 23.6 Å². The molecule has 0 bridgehead atoms. The van der Waals surface area contributed by atoms with Gasteiger partial charge in [-0.25, -0.2) is 14.6 Å². The third-order valence-electron chi connectivity index (χ3n) is 7.55. The standard InChI is InChI=1S/C36H36N2O7/c1-4-34(40)43-20-10-8-7-9-19-42-26-14-11-24(12-15-26)36(41)44-27-16-17-28-29(22-27)31(39)23-33-35(28)37-30-18-13-25(21-32(30)45-33)38(5-2)6-3/h4,11-18,21-23H,1,5-10,19-20H2,2-3H3. The molecule has 1 aliphatic heterocycles. The first-order valence-electron chi connectivity index (χ1n) is 15.2. The number of nitrogens with zero attached hydrogens (tertiary/aromatic N) is 2. The Morgan fingerprint density at radius 3 is 2.33 bits per heavy atom.